The molecule has 0 saturated heterocycles. The van der Waals surface area contributed by atoms with Crippen molar-refractivity contribution in [2.75, 3.05) is 26.9 Å². The van der Waals surface area contributed by atoms with E-state index >= 15 is 0 Å². The van der Waals surface area contributed by atoms with E-state index in [0.717, 1.165) is 0 Å². The van der Waals surface area contributed by atoms with E-state index in [1.165, 1.54) is 7.11 Å². The van der Waals surface area contributed by atoms with Gasteiger partial charge < -0.3 is 29.6 Å². The fourth-order valence-corrected chi connectivity index (χ4v) is 3.35. The SMILES string of the molecule is CCOC(=O)COc1c(Cl)cc([C@@H]2NC(=S)NC(C)=C2C(=O)OCC)cc1OC. The first kappa shape index (κ1) is 22.8. The Morgan fingerprint density at radius 1 is 1.21 bits per heavy atom. The highest BCUT2D eigenvalue weighted by Gasteiger charge is 2.32. The molecule has 158 valence electrons. The van der Waals surface area contributed by atoms with Gasteiger partial charge in [0.05, 0.1) is 37.0 Å². The molecule has 10 heteroatoms. The lowest BCUT2D eigenvalue weighted by atomic mass is 9.95. The van der Waals surface area contributed by atoms with Gasteiger partial charge in [0.25, 0.3) is 0 Å². The maximum absolute atomic E-state index is 12.5. The number of carbonyl (C=O) groups is 2. The zero-order chi connectivity index (χ0) is 21.6. The predicted octanol–water partition coefficient (Wildman–Crippen LogP) is 2.65. The first-order valence-electron chi connectivity index (χ1n) is 8.93. The minimum Gasteiger partial charge on any atom is -0.493 e. The Kier molecular flexibility index (Phi) is 8.10. The van der Waals surface area contributed by atoms with Crippen LogP contribution in [0.1, 0.15) is 32.4 Å². The van der Waals surface area contributed by atoms with E-state index in [4.69, 9.17) is 42.8 Å². The number of nitrogens with one attached hydrogen (secondary N) is 2. The van der Waals surface area contributed by atoms with Crippen LogP contribution in [0, 0.1) is 0 Å². The second kappa shape index (κ2) is 10.3. The number of allylic oxidation sites excluding steroid dienone is 1. The second-order valence-electron chi connectivity index (χ2n) is 5.92. The quantitative estimate of drug-likeness (QED) is 0.465. The highest BCUT2D eigenvalue weighted by molar-refractivity contribution is 7.80. The number of halogens is 1. The van der Waals surface area contributed by atoms with Crippen molar-refractivity contribution in [3.63, 3.8) is 0 Å². The van der Waals surface area contributed by atoms with Crippen LogP contribution < -0.4 is 20.1 Å². The summed E-state index contributed by atoms with van der Waals surface area (Å²) in [5.74, 6) is -0.511. The summed E-state index contributed by atoms with van der Waals surface area (Å²) in [4.78, 5) is 24.1. The molecule has 0 aromatic heterocycles. The summed E-state index contributed by atoms with van der Waals surface area (Å²) in [7, 11) is 1.44. The summed E-state index contributed by atoms with van der Waals surface area (Å²) < 4.78 is 20.9. The van der Waals surface area contributed by atoms with E-state index in [1.54, 1.807) is 32.9 Å². The molecule has 1 heterocycles. The summed E-state index contributed by atoms with van der Waals surface area (Å²) in [5, 5.41) is 6.54. The Labute approximate surface area is 179 Å². The number of esters is 2. The number of carbonyl (C=O) groups excluding carboxylic acids is 2. The van der Waals surface area contributed by atoms with Gasteiger partial charge >= 0.3 is 11.9 Å². The number of methoxy groups -OCH3 is 1. The number of rotatable bonds is 8. The third-order valence-electron chi connectivity index (χ3n) is 3.99. The molecule has 0 spiro atoms. The number of hydrogen-bond acceptors (Lipinski definition) is 7. The third kappa shape index (κ3) is 5.51. The van der Waals surface area contributed by atoms with Crippen molar-refractivity contribution in [2.24, 2.45) is 0 Å². The number of ether oxygens (including phenoxy) is 4. The molecule has 1 aliphatic rings. The van der Waals surface area contributed by atoms with Gasteiger partial charge in [0.2, 0.25) is 0 Å². The lowest BCUT2D eigenvalue weighted by Gasteiger charge is -2.30. The monoisotopic (exact) mass is 442 g/mol. The van der Waals surface area contributed by atoms with Crippen molar-refractivity contribution < 1.29 is 28.5 Å². The molecule has 29 heavy (non-hydrogen) atoms. The second-order valence-corrected chi connectivity index (χ2v) is 6.73. The lowest BCUT2D eigenvalue weighted by Crippen LogP contribution is -2.45. The predicted molar refractivity (Wildman–Crippen MR) is 111 cm³/mol. The highest BCUT2D eigenvalue weighted by atomic mass is 35.5. The topological polar surface area (TPSA) is 95.1 Å². The van der Waals surface area contributed by atoms with Crippen molar-refractivity contribution in [1.29, 1.82) is 0 Å². The van der Waals surface area contributed by atoms with Crippen molar-refractivity contribution >= 4 is 40.9 Å². The van der Waals surface area contributed by atoms with Crippen molar-refractivity contribution in [3.05, 3.63) is 34.0 Å². The molecule has 2 rings (SSSR count). The Morgan fingerprint density at radius 3 is 2.52 bits per heavy atom. The molecule has 0 radical (unpaired) electrons. The average Bonchev–Trinajstić information content (AvgIpc) is 2.66. The fourth-order valence-electron chi connectivity index (χ4n) is 2.80. The molecule has 2 N–H and O–H groups in total. The molecule has 1 aliphatic heterocycles. The van der Waals surface area contributed by atoms with Crippen molar-refractivity contribution in [1.82, 2.24) is 10.6 Å². The summed E-state index contributed by atoms with van der Waals surface area (Å²) >= 11 is 11.6. The Hall–Kier alpha value is -2.52. The van der Waals surface area contributed by atoms with Crippen LogP contribution in [-0.2, 0) is 19.1 Å². The molecule has 1 aromatic carbocycles. The van der Waals surface area contributed by atoms with Crippen LogP contribution in [0.15, 0.2) is 23.4 Å². The smallest absolute Gasteiger partial charge is 0.344 e. The maximum Gasteiger partial charge on any atom is 0.344 e. The van der Waals surface area contributed by atoms with E-state index in [1.807, 2.05) is 0 Å². The van der Waals surface area contributed by atoms with E-state index in [9.17, 15) is 9.59 Å². The molecule has 0 fully saturated rings. The summed E-state index contributed by atoms with van der Waals surface area (Å²) in [6.45, 7) is 5.33. The summed E-state index contributed by atoms with van der Waals surface area (Å²) in [6, 6.07) is 2.67. The molecular formula is C19H23ClN2O6S. The minimum atomic E-state index is -0.603. The molecule has 8 nitrogen and oxygen atoms in total. The van der Waals surface area contributed by atoms with Gasteiger partial charge in [0, 0.05) is 5.70 Å². The molecule has 0 unspecified atom stereocenters. The zero-order valence-electron chi connectivity index (χ0n) is 16.6. The average molecular weight is 443 g/mol. The van der Waals surface area contributed by atoms with E-state index in [2.05, 4.69) is 10.6 Å². The first-order valence-corrected chi connectivity index (χ1v) is 9.72. The minimum absolute atomic E-state index is 0.195. The maximum atomic E-state index is 12.5. The van der Waals surface area contributed by atoms with Gasteiger partial charge in [0.1, 0.15) is 0 Å². The third-order valence-corrected chi connectivity index (χ3v) is 4.49. The first-order chi connectivity index (χ1) is 13.8. The molecule has 0 aliphatic carbocycles. The van der Waals surface area contributed by atoms with Gasteiger partial charge in [-0.1, -0.05) is 11.6 Å². The van der Waals surface area contributed by atoms with Gasteiger partial charge in [-0.3, -0.25) is 0 Å². The van der Waals surface area contributed by atoms with Crippen LogP contribution in [-0.4, -0.2) is 44.0 Å². The van der Waals surface area contributed by atoms with Gasteiger partial charge in [-0.15, -0.1) is 0 Å². The summed E-state index contributed by atoms with van der Waals surface area (Å²) in [6.07, 6.45) is 0. The molecule has 0 saturated carbocycles. The van der Waals surface area contributed by atoms with Crippen LogP contribution in [0.2, 0.25) is 5.02 Å². The van der Waals surface area contributed by atoms with Crippen LogP contribution >= 0.6 is 23.8 Å². The Morgan fingerprint density at radius 2 is 1.90 bits per heavy atom. The van der Waals surface area contributed by atoms with Crippen molar-refractivity contribution in [3.8, 4) is 11.5 Å². The normalized spacial score (nSPS) is 15.9. The number of hydrogen-bond donors (Lipinski definition) is 2. The van der Waals surface area contributed by atoms with Gasteiger partial charge in [-0.05, 0) is 50.7 Å². The van der Waals surface area contributed by atoms with Gasteiger partial charge in [-0.2, -0.15) is 0 Å². The summed E-state index contributed by atoms with van der Waals surface area (Å²) in [5.41, 5.74) is 1.57. The number of benzene rings is 1. The van der Waals surface area contributed by atoms with Gasteiger partial charge in [-0.25, -0.2) is 9.59 Å². The van der Waals surface area contributed by atoms with Crippen LogP contribution in [0.4, 0.5) is 0 Å². The molecule has 1 atom stereocenters. The molecule has 1 aromatic rings. The van der Waals surface area contributed by atoms with Crippen LogP contribution in [0.25, 0.3) is 0 Å². The Balaban J connectivity index is 2.41. The van der Waals surface area contributed by atoms with Crippen LogP contribution in [0.5, 0.6) is 11.5 Å². The highest BCUT2D eigenvalue weighted by Crippen LogP contribution is 2.40. The largest absolute Gasteiger partial charge is 0.493 e. The molecule has 0 bridgehead atoms. The lowest BCUT2D eigenvalue weighted by molar-refractivity contribution is -0.145. The standard InChI is InChI=1S/C19H23ClN2O6S/c1-5-26-14(23)9-28-17-12(20)7-11(8-13(17)25-4)16-15(18(24)27-6-2)10(3)21-19(29)22-16/h7-8,16H,5-6,9H2,1-4H3,(H2,21,22,29)/t16-/m0/s1. The van der Waals surface area contributed by atoms with Gasteiger partial charge in [0.15, 0.2) is 23.2 Å². The number of thiocarbonyl (C=S) groups is 1. The van der Waals surface area contributed by atoms with Crippen LogP contribution in [0.3, 0.4) is 0 Å². The molecule has 0 amide bonds. The van der Waals surface area contributed by atoms with E-state index < -0.39 is 18.0 Å². The van der Waals surface area contributed by atoms with Crippen molar-refractivity contribution in [2.45, 2.75) is 26.8 Å². The zero-order valence-corrected chi connectivity index (χ0v) is 18.2. The Bertz CT molecular complexity index is 842. The van der Waals surface area contributed by atoms with E-state index in [-0.39, 0.29) is 30.6 Å². The molecular weight excluding hydrogens is 420 g/mol. The fraction of sp³-hybridized carbons (Fsp3) is 0.421. The van der Waals surface area contributed by atoms with E-state index in [0.29, 0.717) is 27.7 Å².